The standard InChI is InChI=1S/C21H23ClN2O3/c1-14-18(15(2)27-24-14)13-26-20-9-8-16(10-21(20)25-3)11-23-12-17-6-4-5-7-19(17)22/h4-10,23H,11-13H2,1-3H3. The summed E-state index contributed by atoms with van der Waals surface area (Å²) in [6.07, 6.45) is 0. The van der Waals surface area contributed by atoms with E-state index in [0.29, 0.717) is 31.2 Å². The van der Waals surface area contributed by atoms with E-state index in [4.69, 9.17) is 25.6 Å². The molecule has 0 amide bonds. The van der Waals surface area contributed by atoms with Crippen LogP contribution in [0.1, 0.15) is 28.1 Å². The highest BCUT2D eigenvalue weighted by Gasteiger charge is 2.12. The fourth-order valence-corrected chi connectivity index (χ4v) is 2.98. The van der Waals surface area contributed by atoms with Gasteiger partial charge >= 0.3 is 0 Å². The maximum absolute atomic E-state index is 6.19. The lowest BCUT2D eigenvalue weighted by Crippen LogP contribution is -2.13. The van der Waals surface area contributed by atoms with Crippen LogP contribution in [0.15, 0.2) is 47.0 Å². The third kappa shape index (κ3) is 4.81. The summed E-state index contributed by atoms with van der Waals surface area (Å²) in [5, 5.41) is 8.11. The summed E-state index contributed by atoms with van der Waals surface area (Å²) in [6.45, 7) is 5.57. The molecule has 6 heteroatoms. The first kappa shape index (κ1) is 19.3. The summed E-state index contributed by atoms with van der Waals surface area (Å²) in [4.78, 5) is 0. The van der Waals surface area contributed by atoms with Gasteiger partial charge in [0, 0.05) is 18.1 Å². The minimum Gasteiger partial charge on any atom is -0.493 e. The Morgan fingerprint density at radius 2 is 1.89 bits per heavy atom. The average molecular weight is 387 g/mol. The molecular weight excluding hydrogens is 364 g/mol. The van der Waals surface area contributed by atoms with Gasteiger partial charge < -0.3 is 19.3 Å². The Hall–Kier alpha value is -2.50. The van der Waals surface area contributed by atoms with Crippen LogP contribution >= 0.6 is 11.6 Å². The van der Waals surface area contributed by atoms with Crippen molar-refractivity contribution in [3.05, 3.63) is 75.6 Å². The van der Waals surface area contributed by atoms with Gasteiger partial charge in [0.2, 0.25) is 0 Å². The van der Waals surface area contributed by atoms with Crippen molar-refractivity contribution in [3.8, 4) is 11.5 Å². The maximum atomic E-state index is 6.19. The molecule has 0 radical (unpaired) electrons. The third-order valence-corrected chi connectivity index (χ3v) is 4.75. The van der Waals surface area contributed by atoms with Gasteiger partial charge in [-0.1, -0.05) is 41.0 Å². The first-order valence-electron chi connectivity index (χ1n) is 8.74. The molecule has 0 fully saturated rings. The second-order valence-corrected chi connectivity index (χ2v) is 6.68. The molecule has 0 spiro atoms. The van der Waals surface area contributed by atoms with Crippen molar-refractivity contribution in [2.45, 2.75) is 33.5 Å². The molecule has 3 aromatic rings. The zero-order valence-electron chi connectivity index (χ0n) is 15.7. The number of ether oxygens (including phenoxy) is 2. The van der Waals surface area contributed by atoms with Gasteiger partial charge in [-0.05, 0) is 43.2 Å². The molecule has 1 heterocycles. The van der Waals surface area contributed by atoms with E-state index in [2.05, 4.69) is 10.5 Å². The minimum atomic E-state index is 0.391. The maximum Gasteiger partial charge on any atom is 0.161 e. The van der Waals surface area contributed by atoms with Crippen LogP contribution in [0, 0.1) is 13.8 Å². The van der Waals surface area contributed by atoms with Crippen LogP contribution in [0.3, 0.4) is 0 Å². The van der Waals surface area contributed by atoms with Gasteiger partial charge in [-0.25, -0.2) is 0 Å². The zero-order chi connectivity index (χ0) is 19.2. The van der Waals surface area contributed by atoms with E-state index in [0.717, 1.165) is 33.2 Å². The quantitative estimate of drug-likeness (QED) is 0.601. The molecule has 142 valence electrons. The largest absolute Gasteiger partial charge is 0.493 e. The van der Waals surface area contributed by atoms with E-state index >= 15 is 0 Å². The van der Waals surface area contributed by atoms with Gasteiger partial charge in [0.15, 0.2) is 11.5 Å². The fourth-order valence-electron chi connectivity index (χ4n) is 2.78. The fraction of sp³-hybridized carbons (Fsp3) is 0.286. The number of aromatic nitrogens is 1. The van der Waals surface area contributed by atoms with E-state index < -0.39 is 0 Å². The van der Waals surface area contributed by atoms with E-state index in [9.17, 15) is 0 Å². The molecule has 2 aromatic carbocycles. The van der Waals surface area contributed by atoms with Gasteiger partial charge in [-0.3, -0.25) is 0 Å². The van der Waals surface area contributed by atoms with Crippen LogP contribution in [-0.4, -0.2) is 12.3 Å². The molecule has 27 heavy (non-hydrogen) atoms. The van der Waals surface area contributed by atoms with Crippen molar-refractivity contribution in [2.75, 3.05) is 7.11 Å². The molecule has 0 bridgehead atoms. The van der Waals surface area contributed by atoms with Crippen molar-refractivity contribution in [3.63, 3.8) is 0 Å². The lowest BCUT2D eigenvalue weighted by atomic mass is 10.1. The Morgan fingerprint density at radius 1 is 1.07 bits per heavy atom. The molecule has 0 saturated heterocycles. The highest BCUT2D eigenvalue weighted by atomic mass is 35.5. The number of halogens is 1. The van der Waals surface area contributed by atoms with Crippen molar-refractivity contribution in [2.24, 2.45) is 0 Å². The van der Waals surface area contributed by atoms with E-state index in [1.165, 1.54) is 0 Å². The molecule has 0 aliphatic heterocycles. The lowest BCUT2D eigenvalue weighted by Gasteiger charge is -2.13. The van der Waals surface area contributed by atoms with Crippen LogP contribution in [-0.2, 0) is 19.7 Å². The zero-order valence-corrected chi connectivity index (χ0v) is 16.5. The van der Waals surface area contributed by atoms with E-state index in [1.807, 2.05) is 56.3 Å². The smallest absolute Gasteiger partial charge is 0.161 e. The summed E-state index contributed by atoms with van der Waals surface area (Å²) in [5.74, 6) is 2.15. The van der Waals surface area contributed by atoms with Crippen LogP contribution in [0.2, 0.25) is 5.02 Å². The average Bonchev–Trinajstić information content (AvgIpc) is 3.00. The van der Waals surface area contributed by atoms with Crippen molar-refractivity contribution < 1.29 is 14.0 Å². The van der Waals surface area contributed by atoms with Crippen LogP contribution in [0.25, 0.3) is 0 Å². The Morgan fingerprint density at radius 3 is 2.59 bits per heavy atom. The molecule has 0 aliphatic rings. The second kappa shape index (κ2) is 8.93. The second-order valence-electron chi connectivity index (χ2n) is 6.27. The number of hydrogen-bond donors (Lipinski definition) is 1. The van der Waals surface area contributed by atoms with Gasteiger partial charge in [0.05, 0.1) is 18.4 Å². The number of benzene rings is 2. The normalized spacial score (nSPS) is 10.8. The van der Waals surface area contributed by atoms with Gasteiger partial charge in [0.1, 0.15) is 12.4 Å². The Kier molecular flexibility index (Phi) is 6.37. The Labute approximate surface area is 164 Å². The summed E-state index contributed by atoms with van der Waals surface area (Å²) < 4.78 is 16.6. The van der Waals surface area contributed by atoms with Gasteiger partial charge in [-0.15, -0.1) is 0 Å². The topological polar surface area (TPSA) is 56.5 Å². The summed E-state index contributed by atoms with van der Waals surface area (Å²) in [5.41, 5.74) is 3.98. The predicted octanol–water partition coefficient (Wildman–Crippen LogP) is 4.82. The monoisotopic (exact) mass is 386 g/mol. The number of methoxy groups -OCH3 is 1. The predicted molar refractivity (Wildman–Crippen MR) is 105 cm³/mol. The van der Waals surface area contributed by atoms with Crippen LogP contribution in [0.5, 0.6) is 11.5 Å². The summed E-state index contributed by atoms with van der Waals surface area (Å²) >= 11 is 6.19. The lowest BCUT2D eigenvalue weighted by molar-refractivity contribution is 0.281. The molecule has 5 nitrogen and oxygen atoms in total. The summed E-state index contributed by atoms with van der Waals surface area (Å²) in [7, 11) is 1.64. The first-order valence-corrected chi connectivity index (χ1v) is 9.12. The Balaban J connectivity index is 1.61. The molecule has 0 aliphatic carbocycles. The number of aryl methyl sites for hydroxylation is 2. The molecule has 3 rings (SSSR count). The SMILES string of the molecule is COc1cc(CNCc2ccccc2Cl)ccc1OCc1c(C)noc1C. The highest BCUT2D eigenvalue weighted by molar-refractivity contribution is 6.31. The third-order valence-electron chi connectivity index (χ3n) is 4.38. The van der Waals surface area contributed by atoms with Gasteiger partial charge in [-0.2, -0.15) is 0 Å². The molecule has 0 saturated carbocycles. The number of rotatable bonds is 8. The molecular formula is C21H23ClN2O3. The van der Waals surface area contributed by atoms with E-state index in [-0.39, 0.29) is 0 Å². The highest BCUT2D eigenvalue weighted by Crippen LogP contribution is 2.29. The first-order chi connectivity index (χ1) is 13.1. The van der Waals surface area contributed by atoms with Crippen molar-refractivity contribution in [1.29, 1.82) is 0 Å². The van der Waals surface area contributed by atoms with Crippen LogP contribution < -0.4 is 14.8 Å². The number of nitrogens with zero attached hydrogens (tertiary/aromatic N) is 1. The molecule has 1 aromatic heterocycles. The minimum absolute atomic E-state index is 0.391. The molecule has 0 unspecified atom stereocenters. The number of nitrogens with one attached hydrogen (secondary N) is 1. The summed E-state index contributed by atoms with van der Waals surface area (Å²) in [6, 6.07) is 13.7. The van der Waals surface area contributed by atoms with Crippen LogP contribution in [0.4, 0.5) is 0 Å². The van der Waals surface area contributed by atoms with Crippen molar-refractivity contribution >= 4 is 11.6 Å². The number of hydrogen-bond acceptors (Lipinski definition) is 5. The molecule has 1 N–H and O–H groups in total. The van der Waals surface area contributed by atoms with Crippen molar-refractivity contribution in [1.82, 2.24) is 10.5 Å². The van der Waals surface area contributed by atoms with E-state index in [1.54, 1.807) is 7.11 Å². The van der Waals surface area contributed by atoms with Gasteiger partial charge in [0.25, 0.3) is 0 Å². The molecule has 0 atom stereocenters. The Bertz CT molecular complexity index is 889.